The Kier molecular flexibility index (Phi) is 3.23. The van der Waals surface area contributed by atoms with Crippen molar-refractivity contribution in [2.24, 2.45) is 0 Å². The van der Waals surface area contributed by atoms with E-state index >= 15 is 0 Å². The van der Waals surface area contributed by atoms with Crippen LogP contribution >= 0.6 is 11.8 Å². The maximum Gasteiger partial charge on any atom is 0.206 e. The molecule has 0 saturated heterocycles. The van der Waals surface area contributed by atoms with Crippen LogP contribution in [-0.2, 0) is 9.84 Å². The molecule has 1 aliphatic heterocycles. The lowest BCUT2D eigenvalue weighted by Gasteiger charge is -2.07. The Balaban J connectivity index is 2.40. The Hall–Kier alpha value is -0.940. The van der Waals surface area contributed by atoms with E-state index in [2.05, 4.69) is 0 Å². The quantitative estimate of drug-likeness (QED) is 0.857. The maximum atomic E-state index is 12.3. The van der Waals surface area contributed by atoms with Crippen molar-refractivity contribution >= 4 is 33.4 Å². The lowest BCUT2D eigenvalue weighted by Crippen LogP contribution is -2.06. The Morgan fingerprint density at radius 1 is 1.35 bits per heavy atom. The third-order valence-corrected chi connectivity index (χ3v) is 5.85. The molecule has 0 bridgehead atoms. The summed E-state index contributed by atoms with van der Waals surface area (Å²) in [4.78, 5) is 0.739. The molecule has 0 saturated carbocycles. The Labute approximate surface area is 106 Å². The van der Waals surface area contributed by atoms with Crippen LogP contribution in [-0.4, -0.2) is 19.4 Å². The van der Waals surface area contributed by atoms with Crippen LogP contribution in [0.25, 0.3) is 6.08 Å². The predicted molar refractivity (Wildman–Crippen MR) is 73.6 cm³/mol. The summed E-state index contributed by atoms with van der Waals surface area (Å²) in [7, 11) is -3.36. The third-order valence-electron chi connectivity index (χ3n) is 2.57. The van der Waals surface area contributed by atoms with Gasteiger partial charge in [0.15, 0.2) is 0 Å². The Morgan fingerprint density at radius 3 is 2.65 bits per heavy atom. The minimum absolute atomic E-state index is 0.277. The number of nitrogen functional groups attached to an aromatic ring is 1. The number of anilines is 1. The van der Waals surface area contributed by atoms with Crippen molar-refractivity contribution in [1.29, 1.82) is 0 Å². The van der Waals surface area contributed by atoms with E-state index in [4.69, 9.17) is 5.73 Å². The smallest absolute Gasteiger partial charge is 0.206 e. The fourth-order valence-corrected chi connectivity index (χ4v) is 4.51. The second kappa shape index (κ2) is 4.38. The number of thioether (sulfide) groups is 1. The van der Waals surface area contributed by atoms with Gasteiger partial charge in [-0.2, -0.15) is 11.8 Å². The summed E-state index contributed by atoms with van der Waals surface area (Å²) < 4.78 is 24.5. The largest absolute Gasteiger partial charge is 0.398 e. The van der Waals surface area contributed by atoms with Crippen LogP contribution in [0, 0.1) is 0 Å². The molecule has 92 valence electrons. The number of benzene rings is 1. The van der Waals surface area contributed by atoms with E-state index in [1.807, 2.05) is 13.8 Å². The zero-order valence-electron chi connectivity index (χ0n) is 9.80. The summed E-state index contributed by atoms with van der Waals surface area (Å²) in [6.07, 6.45) is 1.73. The van der Waals surface area contributed by atoms with Gasteiger partial charge in [0.25, 0.3) is 0 Å². The Bertz CT molecular complexity index is 574. The van der Waals surface area contributed by atoms with Crippen molar-refractivity contribution in [3.05, 3.63) is 28.7 Å². The highest BCUT2D eigenvalue weighted by molar-refractivity contribution is 8.02. The second-order valence-electron chi connectivity index (χ2n) is 4.24. The van der Waals surface area contributed by atoms with Crippen molar-refractivity contribution in [2.45, 2.75) is 24.0 Å². The van der Waals surface area contributed by atoms with Gasteiger partial charge in [-0.3, -0.25) is 0 Å². The molecule has 0 fully saturated rings. The highest BCUT2D eigenvalue weighted by Crippen LogP contribution is 2.38. The first-order valence-corrected chi connectivity index (χ1v) is 7.92. The van der Waals surface area contributed by atoms with Crippen LogP contribution in [0.1, 0.15) is 19.4 Å². The molecule has 1 aromatic carbocycles. The molecule has 1 aliphatic rings. The van der Waals surface area contributed by atoms with E-state index in [0.717, 1.165) is 0 Å². The summed E-state index contributed by atoms with van der Waals surface area (Å²) >= 11 is 1.62. The van der Waals surface area contributed by atoms with Crippen LogP contribution < -0.4 is 5.73 Å². The molecule has 17 heavy (non-hydrogen) atoms. The van der Waals surface area contributed by atoms with Crippen LogP contribution in [0.2, 0.25) is 0 Å². The fourth-order valence-electron chi connectivity index (χ4n) is 1.75. The van der Waals surface area contributed by atoms with Gasteiger partial charge in [-0.25, -0.2) is 8.42 Å². The number of fused-ring (bicyclic) bond motifs is 1. The lowest BCUT2D eigenvalue weighted by atomic mass is 10.2. The normalized spacial score (nSPS) is 17.0. The molecule has 0 unspecified atom stereocenters. The molecule has 1 aromatic rings. The number of hydrogen-bond acceptors (Lipinski definition) is 4. The van der Waals surface area contributed by atoms with Gasteiger partial charge in [0.2, 0.25) is 9.84 Å². The van der Waals surface area contributed by atoms with E-state index in [1.54, 1.807) is 36.0 Å². The molecule has 0 radical (unpaired) electrons. The van der Waals surface area contributed by atoms with Crippen LogP contribution in [0.4, 0.5) is 5.69 Å². The van der Waals surface area contributed by atoms with Gasteiger partial charge >= 0.3 is 0 Å². The molecule has 0 spiro atoms. The number of rotatable bonds is 3. The molecule has 0 atom stereocenters. The van der Waals surface area contributed by atoms with Crippen LogP contribution in [0.5, 0.6) is 0 Å². The number of sulfone groups is 1. The first-order chi connectivity index (χ1) is 7.93. The second-order valence-corrected chi connectivity index (χ2v) is 7.74. The molecule has 2 rings (SSSR count). The predicted octanol–water partition coefficient (Wildman–Crippen LogP) is 2.54. The maximum absolute atomic E-state index is 12.3. The first kappa shape index (κ1) is 12.5. The standard InChI is InChI=1S/C12H15NO2S2/c1-8(2)16-7-10-6-9-4-3-5-11(13)12(9)17(10,14)15/h3-6,8H,7,13H2,1-2H3. The summed E-state index contributed by atoms with van der Waals surface area (Å²) in [5.74, 6) is 0.508. The van der Waals surface area contributed by atoms with Gasteiger partial charge in [0.05, 0.1) is 10.6 Å². The summed E-state index contributed by atoms with van der Waals surface area (Å²) in [6, 6.07) is 5.19. The topological polar surface area (TPSA) is 60.2 Å². The molecule has 5 heteroatoms. The van der Waals surface area contributed by atoms with Crippen LogP contribution in [0.3, 0.4) is 0 Å². The molecule has 2 N–H and O–H groups in total. The SMILES string of the molecule is CC(C)SCC1=Cc2cccc(N)c2S1(=O)=O. The monoisotopic (exact) mass is 269 g/mol. The van der Waals surface area contributed by atoms with Gasteiger partial charge in [-0.15, -0.1) is 0 Å². The molecular formula is C12H15NO2S2. The minimum Gasteiger partial charge on any atom is -0.398 e. The summed E-state index contributed by atoms with van der Waals surface area (Å²) in [6.45, 7) is 4.10. The van der Waals surface area contributed by atoms with Crippen molar-refractivity contribution in [3.8, 4) is 0 Å². The lowest BCUT2D eigenvalue weighted by molar-refractivity contribution is 0.603. The first-order valence-electron chi connectivity index (χ1n) is 5.38. The zero-order chi connectivity index (χ0) is 12.6. The molecular weight excluding hydrogens is 254 g/mol. The zero-order valence-corrected chi connectivity index (χ0v) is 11.4. The highest BCUT2D eigenvalue weighted by atomic mass is 32.2. The van der Waals surface area contributed by atoms with E-state index in [0.29, 0.717) is 27.2 Å². The molecule has 0 amide bonds. The summed E-state index contributed by atoms with van der Waals surface area (Å²) in [5.41, 5.74) is 6.80. The van der Waals surface area contributed by atoms with Gasteiger partial charge < -0.3 is 5.73 Å². The molecule has 3 nitrogen and oxygen atoms in total. The third kappa shape index (κ3) is 2.21. The van der Waals surface area contributed by atoms with Crippen molar-refractivity contribution in [3.63, 3.8) is 0 Å². The van der Waals surface area contributed by atoms with Crippen molar-refractivity contribution < 1.29 is 8.42 Å². The van der Waals surface area contributed by atoms with E-state index in [-0.39, 0.29) is 4.90 Å². The number of hydrogen-bond donors (Lipinski definition) is 1. The Morgan fingerprint density at radius 2 is 2.06 bits per heavy atom. The molecule has 1 heterocycles. The van der Waals surface area contributed by atoms with Gasteiger partial charge in [-0.1, -0.05) is 26.0 Å². The highest BCUT2D eigenvalue weighted by Gasteiger charge is 2.31. The van der Waals surface area contributed by atoms with E-state index in [9.17, 15) is 8.42 Å². The average molecular weight is 269 g/mol. The minimum atomic E-state index is -3.36. The summed E-state index contributed by atoms with van der Waals surface area (Å²) in [5, 5.41) is 0.409. The van der Waals surface area contributed by atoms with Gasteiger partial charge in [-0.05, 0) is 23.0 Å². The fraction of sp³-hybridized carbons (Fsp3) is 0.333. The van der Waals surface area contributed by atoms with E-state index in [1.165, 1.54) is 0 Å². The van der Waals surface area contributed by atoms with E-state index < -0.39 is 9.84 Å². The molecule has 0 aromatic heterocycles. The van der Waals surface area contributed by atoms with Crippen molar-refractivity contribution in [2.75, 3.05) is 11.5 Å². The van der Waals surface area contributed by atoms with Crippen molar-refractivity contribution in [1.82, 2.24) is 0 Å². The van der Waals surface area contributed by atoms with Gasteiger partial charge in [0, 0.05) is 5.75 Å². The van der Waals surface area contributed by atoms with Crippen LogP contribution in [0.15, 0.2) is 28.0 Å². The average Bonchev–Trinajstić information content (AvgIpc) is 2.48. The molecule has 0 aliphatic carbocycles. The number of nitrogens with two attached hydrogens (primary N) is 1. The van der Waals surface area contributed by atoms with Gasteiger partial charge in [0.1, 0.15) is 4.90 Å².